The van der Waals surface area contributed by atoms with E-state index in [0.717, 1.165) is 19.6 Å². The first kappa shape index (κ1) is 8.73. The molecule has 2 nitrogen and oxygen atoms in total. The zero-order valence-corrected chi connectivity index (χ0v) is 7.70. The Morgan fingerprint density at radius 1 is 1.31 bits per heavy atom. The quantitative estimate of drug-likeness (QED) is 0.702. The van der Waals surface area contributed by atoms with E-state index in [9.17, 15) is 0 Å². The molecular formula is C11H15NO. The van der Waals surface area contributed by atoms with Crippen molar-refractivity contribution in [1.29, 1.82) is 0 Å². The highest BCUT2D eigenvalue weighted by Gasteiger charge is 2.14. The summed E-state index contributed by atoms with van der Waals surface area (Å²) in [4.78, 5) is 0. The van der Waals surface area contributed by atoms with Gasteiger partial charge in [-0.05, 0) is 30.0 Å². The lowest BCUT2D eigenvalue weighted by atomic mass is 9.98. The van der Waals surface area contributed by atoms with E-state index >= 15 is 0 Å². The van der Waals surface area contributed by atoms with Crippen molar-refractivity contribution in [1.82, 2.24) is 0 Å². The molecule has 1 heterocycles. The van der Waals surface area contributed by atoms with Crippen molar-refractivity contribution in [2.24, 2.45) is 11.7 Å². The predicted octanol–water partition coefficient (Wildman–Crippen LogP) is 1.33. The third-order valence-electron chi connectivity index (χ3n) is 2.57. The molecule has 0 aliphatic carbocycles. The molecule has 2 N–H and O–H groups in total. The second kappa shape index (κ2) is 3.90. The Bertz CT molecular complexity index is 285. The number of nitrogens with two attached hydrogens (primary N) is 1. The summed E-state index contributed by atoms with van der Waals surface area (Å²) in [7, 11) is 0. The monoisotopic (exact) mass is 177 g/mol. The van der Waals surface area contributed by atoms with Crippen LogP contribution in [0.5, 0.6) is 0 Å². The molecule has 1 unspecified atom stereocenters. The van der Waals surface area contributed by atoms with Gasteiger partial charge in [-0.2, -0.15) is 0 Å². The average Bonchev–Trinajstić information content (AvgIpc) is 2.38. The smallest absolute Gasteiger partial charge is 0.0719 e. The first-order valence-corrected chi connectivity index (χ1v) is 4.74. The molecule has 1 aromatic carbocycles. The Labute approximate surface area is 78.7 Å². The van der Waals surface area contributed by atoms with E-state index in [1.54, 1.807) is 0 Å². The van der Waals surface area contributed by atoms with Crippen molar-refractivity contribution in [3.8, 4) is 0 Å². The highest BCUT2D eigenvalue weighted by atomic mass is 16.5. The van der Waals surface area contributed by atoms with Crippen molar-refractivity contribution in [3.63, 3.8) is 0 Å². The second-order valence-electron chi connectivity index (χ2n) is 3.59. The van der Waals surface area contributed by atoms with E-state index in [0.29, 0.717) is 12.5 Å². The van der Waals surface area contributed by atoms with Crippen LogP contribution in [0.3, 0.4) is 0 Å². The fourth-order valence-corrected chi connectivity index (χ4v) is 1.75. The van der Waals surface area contributed by atoms with Gasteiger partial charge in [-0.25, -0.2) is 0 Å². The SMILES string of the molecule is NCC1COCc2ccccc2C1. The molecule has 70 valence electrons. The molecule has 0 saturated heterocycles. The Kier molecular flexibility index (Phi) is 2.62. The van der Waals surface area contributed by atoms with Gasteiger partial charge in [-0.1, -0.05) is 24.3 Å². The molecule has 1 atom stereocenters. The van der Waals surface area contributed by atoms with E-state index in [1.807, 2.05) is 0 Å². The van der Waals surface area contributed by atoms with E-state index in [1.165, 1.54) is 11.1 Å². The summed E-state index contributed by atoms with van der Waals surface area (Å²) >= 11 is 0. The van der Waals surface area contributed by atoms with Crippen molar-refractivity contribution >= 4 is 0 Å². The summed E-state index contributed by atoms with van der Waals surface area (Å²) in [5, 5.41) is 0. The topological polar surface area (TPSA) is 35.2 Å². The number of hydrogen-bond acceptors (Lipinski definition) is 2. The second-order valence-corrected chi connectivity index (χ2v) is 3.59. The first-order valence-electron chi connectivity index (χ1n) is 4.74. The minimum atomic E-state index is 0.489. The molecule has 2 heteroatoms. The molecule has 0 radical (unpaired) electrons. The summed E-state index contributed by atoms with van der Waals surface area (Å²) in [6.07, 6.45) is 1.06. The third-order valence-corrected chi connectivity index (χ3v) is 2.57. The van der Waals surface area contributed by atoms with Crippen LogP contribution < -0.4 is 5.73 Å². The number of hydrogen-bond donors (Lipinski definition) is 1. The summed E-state index contributed by atoms with van der Waals surface area (Å²) in [6, 6.07) is 8.45. The third kappa shape index (κ3) is 1.90. The van der Waals surface area contributed by atoms with Gasteiger partial charge in [0.15, 0.2) is 0 Å². The van der Waals surface area contributed by atoms with Crippen LogP contribution in [0, 0.1) is 5.92 Å². The maximum Gasteiger partial charge on any atom is 0.0719 e. The van der Waals surface area contributed by atoms with Crippen molar-refractivity contribution in [2.75, 3.05) is 13.2 Å². The molecule has 2 rings (SSSR count). The molecule has 1 aromatic rings. The Hall–Kier alpha value is -0.860. The Morgan fingerprint density at radius 3 is 2.85 bits per heavy atom. The van der Waals surface area contributed by atoms with Gasteiger partial charge in [-0.3, -0.25) is 0 Å². The van der Waals surface area contributed by atoms with Crippen LogP contribution in [0.1, 0.15) is 11.1 Å². The maximum atomic E-state index is 5.65. The van der Waals surface area contributed by atoms with Gasteiger partial charge in [0.05, 0.1) is 13.2 Å². The summed E-state index contributed by atoms with van der Waals surface area (Å²) in [5.41, 5.74) is 8.37. The zero-order chi connectivity index (χ0) is 9.10. The summed E-state index contributed by atoms with van der Waals surface area (Å²) in [5.74, 6) is 0.489. The lowest BCUT2D eigenvalue weighted by Gasteiger charge is -2.10. The number of fused-ring (bicyclic) bond motifs is 1. The van der Waals surface area contributed by atoms with E-state index < -0.39 is 0 Å². The summed E-state index contributed by atoms with van der Waals surface area (Å²) in [6.45, 7) is 2.26. The average molecular weight is 177 g/mol. The normalized spacial score (nSPS) is 22.1. The molecule has 0 spiro atoms. The van der Waals surface area contributed by atoms with Crippen LogP contribution in [0.4, 0.5) is 0 Å². The molecule has 0 amide bonds. The molecule has 0 aromatic heterocycles. The molecule has 1 aliphatic rings. The summed E-state index contributed by atoms with van der Waals surface area (Å²) < 4.78 is 5.54. The van der Waals surface area contributed by atoms with Gasteiger partial charge in [0.1, 0.15) is 0 Å². The van der Waals surface area contributed by atoms with Gasteiger partial charge >= 0.3 is 0 Å². The van der Waals surface area contributed by atoms with Crippen LogP contribution in [0.15, 0.2) is 24.3 Å². The highest BCUT2D eigenvalue weighted by molar-refractivity contribution is 5.27. The van der Waals surface area contributed by atoms with Gasteiger partial charge in [-0.15, -0.1) is 0 Å². The van der Waals surface area contributed by atoms with Crippen LogP contribution in [0.25, 0.3) is 0 Å². The molecule has 1 aliphatic heterocycles. The highest BCUT2D eigenvalue weighted by Crippen LogP contribution is 2.19. The minimum absolute atomic E-state index is 0.489. The van der Waals surface area contributed by atoms with Gasteiger partial charge in [0, 0.05) is 0 Å². The fraction of sp³-hybridized carbons (Fsp3) is 0.455. The van der Waals surface area contributed by atoms with Crippen molar-refractivity contribution in [2.45, 2.75) is 13.0 Å². The Balaban J connectivity index is 2.23. The first-order chi connectivity index (χ1) is 6.40. The molecule has 0 saturated carbocycles. The van der Waals surface area contributed by atoms with Crippen molar-refractivity contribution in [3.05, 3.63) is 35.4 Å². The fourth-order valence-electron chi connectivity index (χ4n) is 1.75. The largest absolute Gasteiger partial charge is 0.376 e. The van der Waals surface area contributed by atoms with E-state index in [4.69, 9.17) is 10.5 Å². The van der Waals surface area contributed by atoms with Crippen LogP contribution in [-0.4, -0.2) is 13.2 Å². The van der Waals surface area contributed by atoms with Crippen LogP contribution in [-0.2, 0) is 17.8 Å². The lowest BCUT2D eigenvalue weighted by molar-refractivity contribution is 0.0973. The molecule has 0 bridgehead atoms. The molecule has 0 fully saturated rings. The van der Waals surface area contributed by atoms with E-state index in [-0.39, 0.29) is 0 Å². The Morgan fingerprint density at radius 2 is 2.08 bits per heavy atom. The number of benzene rings is 1. The zero-order valence-electron chi connectivity index (χ0n) is 7.70. The van der Waals surface area contributed by atoms with Gasteiger partial charge in [0.25, 0.3) is 0 Å². The lowest BCUT2D eigenvalue weighted by Crippen LogP contribution is -2.20. The standard InChI is InChI=1S/C11H15NO/c12-6-9-5-10-3-1-2-4-11(10)8-13-7-9/h1-4,9H,5-8,12H2. The van der Waals surface area contributed by atoms with E-state index in [2.05, 4.69) is 24.3 Å². The number of rotatable bonds is 1. The number of ether oxygens (including phenoxy) is 1. The molecule has 13 heavy (non-hydrogen) atoms. The van der Waals surface area contributed by atoms with Crippen LogP contribution >= 0.6 is 0 Å². The maximum absolute atomic E-state index is 5.65. The molecular weight excluding hydrogens is 162 g/mol. The van der Waals surface area contributed by atoms with Gasteiger partial charge in [0.2, 0.25) is 0 Å². The van der Waals surface area contributed by atoms with Gasteiger partial charge < -0.3 is 10.5 Å². The van der Waals surface area contributed by atoms with Crippen LogP contribution in [0.2, 0.25) is 0 Å². The van der Waals surface area contributed by atoms with Crippen molar-refractivity contribution < 1.29 is 4.74 Å². The minimum Gasteiger partial charge on any atom is -0.376 e. The predicted molar refractivity (Wildman–Crippen MR) is 52.3 cm³/mol.